The monoisotopic (exact) mass is 398 g/mol. The molecule has 0 atom stereocenters. The van der Waals surface area contributed by atoms with Crippen molar-refractivity contribution in [3.05, 3.63) is 58.6 Å². The summed E-state index contributed by atoms with van der Waals surface area (Å²) < 4.78 is 43.9. The van der Waals surface area contributed by atoms with E-state index in [9.17, 15) is 18.0 Å². The van der Waals surface area contributed by atoms with Crippen molar-refractivity contribution in [3.63, 3.8) is 0 Å². The average Bonchev–Trinajstić information content (AvgIpc) is 3.22. The van der Waals surface area contributed by atoms with Gasteiger partial charge in [0.15, 0.2) is 5.69 Å². The minimum Gasteiger partial charge on any atom is -0.360 e. The van der Waals surface area contributed by atoms with Crippen molar-refractivity contribution in [2.45, 2.75) is 19.6 Å². The number of hydrogen-bond acceptors (Lipinski definition) is 4. The Bertz CT molecular complexity index is 965. The summed E-state index contributed by atoms with van der Waals surface area (Å²) in [6, 6.07) is 7.75. The lowest BCUT2D eigenvalue weighted by molar-refractivity contribution is -0.141. The van der Waals surface area contributed by atoms with Crippen molar-refractivity contribution in [3.8, 4) is 11.3 Å². The van der Waals surface area contributed by atoms with Crippen LogP contribution in [-0.2, 0) is 12.7 Å². The zero-order valence-electron chi connectivity index (χ0n) is 14.0. The summed E-state index contributed by atoms with van der Waals surface area (Å²) in [7, 11) is 0. The van der Waals surface area contributed by atoms with Gasteiger partial charge in [-0.05, 0) is 19.1 Å². The van der Waals surface area contributed by atoms with E-state index in [0.29, 0.717) is 22.0 Å². The minimum atomic E-state index is -4.50. The lowest BCUT2D eigenvalue weighted by Gasteiger charge is -2.07. The first-order valence-electron chi connectivity index (χ1n) is 7.87. The molecule has 0 aliphatic carbocycles. The van der Waals surface area contributed by atoms with Gasteiger partial charge in [-0.25, -0.2) is 0 Å². The van der Waals surface area contributed by atoms with Crippen molar-refractivity contribution in [2.24, 2.45) is 0 Å². The third kappa shape index (κ3) is 4.13. The number of nitrogens with zero attached hydrogens (tertiary/aromatic N) is 3. The highest BCUT2D eigenvalue weighted by molar-refractivity contribution is 6.33. The van der Waals surface area contributed by atoms with Gasteiger partial charge in [-0.1, -0.05) is 35.0 Å². The second-order valence-corrected chi connectivity index (χ2v) is 6.07. The maximum Gasteiger partial charge on any atom is 0.435 e. The van der Waals surface area contributed by atoms with Gasteiger partial charge in [-0.3, -0.25) is 9.48 Å². The molecule has 3 rings (SSSR count). The third-order valence-electron chi connectivity index (χ3n) is 3.78. The molecule has 2 aromatic heterocycles. The molecule has 0 aliphatic rings. The molecule has 0 radical (unpaired) electrons. The summed E-state index contributed by atoms with van der Waals surface area (Å²) in [4.78, 5) is 12.5. The number of carbonyl (C=O) groups excluding carboxylic acids is 1. The Morgan fingerprint density at radius 3 is 2.70 bits per heavy atom. The third-order valence-corrected chi connectivity index (χ3v) is 4.11. The molecule has 0 unspecified atom stereocenters. The van der Waals surface area contributed by atoms with E-state index in [1.54, 1.807) is 31.2 Å². The van der Waals surface area contributed by atoms with Gasteiger partial charge in [0.05, 0.1) is 11.6 Å². The molecule has 0 bridgehead atoms. The number of halogens is 4. The van der Waals surface area contributed by atoms with Crippen LogP contribution in [0.3, 0.4) is 0 Å². The molecular formula is C17H14ClF3N4O2. The molecule has 0 fully saturated rings. The van der Waals surface area contributed by atoms with Crippen LogP contribution in [0.25, 0.3) is 11.3 Å². The molecule has 1 N–H and O–H groups in total. The lowest BCUT2D eigenvalue weighted by Crippen LogP contribution is -2.28. The fourth-order valence-electron chi connectivity index (χ4n) is 2.49. The second kappa shape index (κ2) is 7.43. The SMILES string of the molecule is Cc1onc(-c2ccccc2Cl)c1C(=O)NCCn1ccc(C(F)(F)F)n1. The number of amides is 1. The molecule has 0 spiro atoms. The van der Waals surface area contributed by atoms with Gasteiger partial charge in [0.2, 0.25) is 0 Å². The van der Waals surface area contributed by atoms with Gasteiger partial charge >= 0.3 is 6.18 Å². The molecule has 0 saturated carbocycles. The van der Waals surface area contributed by atoms with Crippen LogP contribution in [0.4, 0.5) is 13.2 Å². The average molecular weight is 399 g/mol. The van der Waals surface area contributed by atoms with Gasteiger partial charge in [-0.2, -0.15) is 18.3 Å². The van der Waals surface area contributed by atoms with E-state index in [4.69, 9.17) is 16.1 Å². The van der Waals surface area contributed by atoms with Crippen LogP contribution in [0, 0.1) is 6.92 Å². The van der Waals surface area contributed by atoms with Crippen LogP contribution in [0.1, 0.15) is 21.8 Å². The summed E-state index contributed by atoms with van der Waals surface area (Å²) in [5, 5.41) is 10.4. The molecule has 1 aromatic carbocycles. The van der Waals surface area contributed by atoms with Gasteiger partial charge in [-0.15, -0.1) is 0 Å². The van der Waals surface area contributed by atoms with E-state index in [-0.39, 0.29) is 18.7 Å². The summed E-state index contributed by atoms with van der Waals surface area (Å²) in [6.07, 6.45) is -3.30. The Morgan fingerprint density at radius 1 is 1.30 bits per heavy atom. The highest BCUT2D eigenvalue weighted by Crippen LogP contribution is 2.31. The van der Waals surface area contributed by atoms with E-state index in [1.807, 2.05) is 0 Å². The number of hydrogen-bond donors (Lipinski definition) is 1. The predicted octanol–water partition coefficient (Wildman–Crippen LogP) is 3.95. The fourth-order valence-corrected chi connectivity index (χ4v) is 2.71. The summed E-state index contributed by atoms with van der Waals surface area (Å²) in [6.45, 7) is 1.74. The molecule has 0 saturated heterocycles. The standard InChI is InChI=1S/C17H14ClF3N4O2/c1-10-14(15(24-27-10)11-4-2-3-5-12(11)18)16(26)22-7-9-25-8-6-13(23-25)17(19,20)21/h2-6,8H,7,9H2,1H3,(H,22,26). The van der Waals surface area contributed by atoms with E-state index < -0.39 is 17.8 Å². The topological polar surface area (TPSA) is 73.0 Å². The van der Waals surface area contributed by atoms with E-state index in [1.165, 1.54) is 6.20 Å². The minimum absolute atomic E-state index is 0.0738. The summed E-state index contributed by atoms with van der Waals surface area (Å²) in [5.41, 5.74) is 0.0846. The first-order valence-corrected chi connectivity index (χ1v) is 8.25. The number of carbonyl (C=O) groups is 1. The molecule has 2 heterocycles. The number of aromatic nitrogens is 3. The first-order chi connectivity index (χ1) is 12.8. The second-order valence-electron chi connectivity index (χ2n) is 5.66. The van der Waals surface area contributed by atoms with Crippen LogP contribution in [0.5, 0.6) is 0 Å². The van der Waals surface area contributed by atoms with Gasteiger partial charge in [0, 0.05) is 18.3 Å². The first kappa shape index (κ1) is 19.0. The summed E-state index contributed by atoms with van der Waals surface area (Å²) in [5.74, 6) is -0.160. The smallest absolute Gasteiger partial charge is 0.360 e. The van der Waals surface area contributed by atoms with Crippen LogP contribution in [0.15, 0.2) is 41.1 Å². The van der Waals surface area contributed by atoms with Crippen molar-refractivity contribution >= 4 is 17.5 Å². The van der Waals surface area contributed by atoms with Crippen molar-refractivity contribution in [1.82, 2.24) is 20.3 Å². The van der Waals surface area contributed by atoms with Crippen LogP contribution < -0.4 is 5.32 Å². The van der Waals surface area contributed by atoms with Gasteiger partial charge in [0.25, 0.3) is 5.91 Å². The van der Waals surface area contributed by atoms with Crippen LogP contribution >= 0.6 is 11.6 Å². The Kier molecular flexibility index (Phi) is 5.22. The van der Waals surface area contributed by atoms with Crippen LogP contribution in [0.2, 0.25) is 5.02 Å². The molecule has 6 nitrogen and oxygen atoms in total. The molecule has 0 aliphatic heterocycles. The number of alkyl halides is 3. The quantitative estimate of drug-likeness (QED) is 0.706. The molecule has 10 heteroatoms. The van der Waals surface area contributed by atoms with Gasteiger partial charge < -0.3 is 9.84 Å². The lowest BCUT2D eigenvalue weighted by atomic mass is 10.1. The maximum absolute atomic E-state index is 12.5. The van der Waals surface area contributed by atoms with Crippen molar-refractivity contribution < 1.29 is 22.5 Å². The largest absolute Gasteiger partial charge is 0.435 e. The summed E-state index contributed by atoms with van der Waals surface area (Å²) >= 11 is 6.15. The number of nitrogens with one attached hydrogen (secondary N) is 1. The van der Waals surface area contributed by atoms with Gasteiger partial charge in [0.1, 0.15) is 17.0 Å². The normalized spacial score (nSPS) is 11.6. The number of aryl methyl sites for hydroxylation is 1. The predicted molar refractivity (Wildman–Crippen MR) is 91.2 cm³/mol. The molecular weight excluding hydrogens is 385 g/mol. The molecule has 1 amide bonds. The van der Waals surface area contributed by atoms with E-state index in [0.717, 1.165) is 10.7 Å². The molecule has 142 valence electrons. The van der Waals surface area contributed by atoms with E-state index in [2.05, 4.69) is 15.6 Å². The van der Waals surface area contributed by atoms with Crippen LogP contribution in [-0.4, -0.2) is 27.4 Å². The Balaban J connectivity index is 1.70. The molecule has 27 heavy (non-hydrogen) atoms. The maximum atomic E-state index is 12.5. The number of rotatable bonds is 5. The Morgan fingerprint density at radius 2 is 2.04 bits per heavy atom. The Hall–Kier alpha value is -2.81. The highest BCUT2D eigenvalue weighted by atomic mass is 35.5. The fraction of sp³-hybridized carbons (Fsp3) is 0.235. The van der Waals surface area contributed by atoms with Crippen molar-refractivity contribution in [2.75, 3.05) is 6.54 Å². The zero-order chi connectivity index (χ0) is 19.6. The van der Waals surface area contributed by atoms with E-state index >= 15 is 0 Å². The molecule has 3 aromatic rings. The van der Waals surface area contributed by atoms with Crippen molar-refractivity contribution in [1.29, 1.82) is 0 Å². The highest BCUT2D eigenvalue weighted by Gasteiger charge is 2.33. The number of benzene rings is 1. The Labute approximate surface area is 156 Å². The zero-order valence-corrected chi connectivity index (χ0v) is 14.8.